The van der Waals surface area contributed by atoms with Crippen LogP contribution in [0, 0.1) is 11.8 Å². The van der Waals surface area contributed by atoms with Gasteiger partial charge in [0.05, 0.1) is 0 Å². The molecule has 0 unspecified atom stereocenters. The van der Waals surface area contributed by atoms with Crippen molar-refractivity contribution in [3.05, 3.63) is 0 Å². The van der Waals surface area contributed by atoms with E-state index in [2.05, 4.69) is 5.32 Å². The molecule has 0 spiro atoms. The Morgan fingerprint density at radius 1 is 1.00 bits per heavy atom. The predicted molar refractivity (Wildman–Crippen MR) is 38.3 cm³/mol. The van der Waals surface area contributed by atoms with E-state index in [1.54, 1.807) is 0 Å². The zero-order valence-corrected chi connectivity index (χ0v) is 5.90. The lowest BCUT2D eigenvalue weighted by Crippen LogP contribution is -2.33. The Morgan fingerprint density at radius 2 is 1.89 bits per heavy atom. The molecule has 0 aromatic carbocycles. The van der Waals surface area contributed by atoms with Crippen LogP contribution in [0.3, 0.4) is 0 Å². The average Bonchev–Trinajstić information content (AvgIpc) is 2.33. The summed E-state index contributed by atoms with van der Waals surface area (Å²) < 4.78 is 0. The Kier molecular flexibility index (Phi) is 1.46. The highest BCUT2D eigenvalue weighted by molar-refractivity contribution is 4.82. The molecular formula is C8H15N. The highest BCUT2D eigenvalue weighted by atomic mass is 14.9. The van der Waals surface area contributed by atoms with E-state index < -0.39 is 0 Å². The number of hydrogen-bond acceptors (Lipinski definition) is 1. The summed E-state index contributed by atoms with van der Waals surface area (Å²) in [7, 11) is 0. The van der Waals surface area contributed by atoms with Crippen LogP contribution >= 0.6 is 0 Å². The van der Waals surface area contributed by atoms with E-state index in [1.807, 2.05) is 0 Å². The summed E-state index contributed by atoms with van der Waals surface area (Å²) in [6.07, 6.45) is 5.96. The van der Waals surface area contributed by atoms with Gasteiger partial charge in [0.1, 0.15) is 0 Å². The van der Waals surface area contributed by atoms with Gasteiger partial charge in [-0.3, -0.25) is 0 Å². The van der Waals surface area contributed by atoms with Gasteiger partial charge in [0, 0.05) is 0 Å². The second kappa shape index (κ2) is 2.30. The Hall–Kier alpha value is -0.0400. The van der Waals surface area contributed by atoms with E-state index in [4.69, 9.17) is 0 Å². The lowest BCUT2D eigenvalue weighted by Gasteiger charge is -2.25. The van der Waals surface area contributed by atoms with Gasteiger partial charge in [0.25, 0.3) is 0 Å². The quantitative estimate of drug-likeness (QED) is 0.516. The van der Waals surface area contributed by atoms with Gasteiger partial charge in [-0.25, -0.2) is 0 Å². The molecule has 2 rings (SSSR count). The summed E-state index contributed by atoms with van der Waals surface area (Å²) in [6, 6.07) is 0. The number of piperidine rings is 1. The van der Waals surface area contributed by atoms with Crippen molar-refractivity contribution < 1.29 is 0 Å². The van der Waals surface area contributed by atoms with Gasteiger partial charge >= 0.3 is 0 Å². The van der Waals surface area contributed by atoms with Crippen LogP contribution < -0.4 is 5.32 Å². The second-order valence-electron chi connectivity index (χ2n) is 3.44. The Bertz CT molecular complexity index is 88.7. The molecule has 2 fully saturated rings. The fourth-order valence-corrected chi connectivity index (χ4v) is 2.34. The third-order valence-corrected chi connectivity index (χ3v) is 2.91. The standard InChI is InChI=1S/C8H15N/c1-2-7-4-5-9-6-8(7)3-1/h7-9H,1-6H2/t7-,8+/m1/s1. The monoisotopic (exact) mass is 125 g/mol. The Balaban J connectivity index is 1.97. The molecular weight excluding hydrogens is 110 g/mol. The van der Waals surface area contributed by atoms with Crippen molar-refractivity contribution >= 4 is 0 Å². The molecule has 1 aliphatic carbocycles. The van der Waals surface area contributed by atoms with E-state index in [0.717, 1.165) is 11.8 Å². The van der Waals surface area contributed by atoms with Crippen molar-refractivity contribution in [3.63, 3.8) is 0 Å². The summed E-state index contributed by atoms with van der Waals surface area (Å²) in [5.41, 5.74) is 0. The molecule has 1 saturated heterocycles. The zero-order chi connectivity index (χ0) is 6.10. The lowest BCUT2D eigenvalue weighted by atomic mass is 9.90. The van der Waals surface area contributed by atoms with E-state index in [0.29, 0.717) is 0 Å². The summed E-state index contributed by atoms with van der Waals surface area (Å²) in [4.78, 5) is 0. The first kappa shape index (κ1) is 5.72. The number of fused-ring (bicyclic) bond motifs is 1. The van der Waals surface area contributed by atoms with Crippen LogP contribution in [-0.2, 0) is 0 Å². The summed E-state index contributed by atoms with van der Waals surface area (Å²) in [6.45, 7) is 2.59. The third-order valence-electron chi connectivity index (χ3n) is 2.91. The normalized spacial score (nSPS) is 42.7. The minimum absolute atomic E-state index is 1.05. The number of nitrogens with one attached hydrogen (secondary N) is 1. The molecule has 52 valence electrons. The van der Waals surface area contributed by atoms with Crippen LogP contribution in [-0.4, -0.2) is 13.1 Å². The molecule has 2 atom stereocenters. The van der Waals surface area contributed by atoms with Crippen LogP contribution in [0.25, 0.3) is 0 Å². The molecule has 1 heterocycles. The maximum atomic E-state index is 3.46. The Morgan fingerprint density at radius 3 is 2.78 bits per heavy atom. The predicted octanol–water partition coefficient (Wildman–Crippen LogP) is 1.40. The molecule has 1 N–H and O–H groups in total. The first-order chi connectivity index (χ1) is 4.47. The summed E-state index contributed by atoms with van der Waals surface area (Å²) >= 11 is 0. The van der Waals surface area contributed by atoms with Gasteiger partial charge in [-0.1, -0.05) is 12.8 Å². The lowest BCUT2D eigenvalue weighted by molar-refractivity contribution is 0.295. The highest BCUT2D eigenvalue weighted by Crippen LogP contribution is 2.34. The highest BCUT2D eigenvalue weighted by Gasteiger charge is 2.28. The van der Waals surface area contributed by atoms with Crippen molar-refractivity contribution in [2.24, 2.45) is 11.8 Å². The number of hydrogen-bond donors (Lipinski definition) is 1. The van der Waals surface area contributed by atoms with Gasteiger partial charge in [0.15, 0.2) is 0 Å². The van der Waals surface area contributed by atoms with Crippen LogP contribution in [0.4, 0.5) is 0 Å². The van der Waals surface area contributed by atoms with Crippen LogP contribution in [0.1, 0.15) is 25.7 Å². The maximum Gasteiger partial charge on any atom is -0.00179 e. The molecule has 0 bridgehead atoms. The van der Waals surface area contributed by atoms with Crippen LogP contribution in [0.2, 0.25) is 0 Å². The molecule has 1 saturated carbocycles. The number of rotatable bonds is 0. The molecule has 1 heteroatoms. The average molecular weight is 125 g/mol. The van der Waals surface area contributed by atoms with E-state index in [-0.39, 0.29) is 0 Å². The minimum atomic E-state index is 1.05. The van der Waals surface area contributed by atoms with Gasteiger partial charge in [-0.2, -0.15) is 0 Å². The van der Waals surface area contributed by atoms with E-state index >= 15 is 0 Å². The smallest absolute Gasteiger partial charge is 0.00179 e. The van der Waals surface area contributed by atoms with Gasteiger partial charge in [-0.15, -0.1) is 0 Å². The topological polar surface area (TPSA) is 12.0 Å². The molecule has 0 aromatic heterocycles. The zero-order valence-electron chi connectivity index (χ0n) is 5.90. The van der Waals surface area contributed by atoms with Crippen molar-refractivity contribution in [1.82, 2.24) is 5.32 Å². The van der Waals surface area contributed by atoms with Crippen molar-refractivity contribution in [3.8, 4) is 0 Å². The van der Waals surface area contributed by atoms with Gasteiger partial charge in [-0.05, 0) is 37.8 Å². The molecule has 9 heavy (non-hydrogen) atoms. The first-order valence-corrected chi connectivity index (χ1v) is 4.17. The molecule has 0 radical (unpaired) electrons. The second-order valence-corrected chi connectivity index (χ2v) is 3.44. The fourth-order valence-electron chi connectivity index (χ4n) is 2.34. The van der Waals surface area contributed by atoms with Crippen molar-refractivity contribution in [2.45, 2.75) is 25.7 Å². The van der Waals surface area contributed by atoms with Crippen LogP contribution in [0.5, 0.6) is 0 Å². The SMILES string of the molecule is C1C[C@@H]2CCNC[C@@H]2C1. The summed E-state index contributed by atoms with van der Waals surface area (Å²) in [5.74, 6) is 2.16. The first-order valence-electron chi connectivity index (χ1n) is 4.17. The molecule has 1 nitrogen and oxygen atoms in total. The largest absolute Gasteiger partial charge is 0.316 e. The summed E-state index contributed by atoms with van der Waals surface area (Å²) in [5, 5.41) is 3.46. The van der Waals surface area contributed by atoms with E-state index in [1.165, 1.54) is 38.8 Å². The maximum absolute atomic E-state index is 3.46. The van der Waals surface area contributed by atoms with Gasteiger partial charge < -0.3 is 5.32 Å². The molecule has 2 aliphatic rings. The third kappa shape index (κ3) is 0.983. The molecule has 0 aromatic rings. The molecule has 0 amide bonds. The van der Waals surface area contributed by atoms with Crippen LogP contribution in [0.15, 0.2) is 0 Å². The van der Waals surface area contributed by atoms with Gasteiger partial charge in [0.2, 0.25) is 0 Å². The Labute approximate surface area is 56.8 Å². The minimum Gasteiger partial charge on any atom is -0.316 e. The fraction of sp³-hybridized carbons (Fsp3) is 1.00. The van der Waals surface area contributed by atoms with Crippen molar-refractivity contribution in [1.29, 1.82) is 0 Å². The molecule has 1 aliphatic heterocycles. The van der Waals surface area contributed by atoms with E-state index in [9.17, 15) is 0 Å². The van der Waals surface area contributed by atoms with Crippen molar-refractivity contribution in [2.75, 3.05) is 13.1 Å².